The molecule has 0 N–H and O–H groups in total. The third-order valence-electron chi connectivity index (χ3n) is 2.14. The van der Waals surface area contributed by atoms with Crippen LogP contribution in [0.2, 0.25) is 0 Å². The van der Waals surface area contributed by atoms with Crippen LogP contribution in [0.5, 0.6) is 0 Å². The lowest BCUT2D eigenvalue weighted by molar-refractivity contribution is -0.138. The molecule has 1 aliphatic heterocycles. The lowest BCUT2D eigenvalue weighted by Gasteiger charge is -2.18. The molecule has 0 bridgehead atoms. The third-order valence-corrected chi connectivity index (χ3v) is 4.21. The second kappa shape index (κ2) is 3.96. The smallest absolute Gasteiger partial charge is 0.235 e. The molecule has 6 heteroatoms. The molecule has 0 aliphatic carbocycles. The molecule has 0 aromatic rings. The zero-order chi connectivity index (χ0) is 11.0. The Balaban J connectivity index is 2.48. The fourth-order valence-corrected chi connectivity index (χ4v) is 2.03. The third kappa shape index (κ3) is 3.38. The van der Waals surface area contributed by atoms with Crippen molar-refractivity contribution in [2.24, 2.45) is 0 Å². The van der Waals surface area contributed by atoms with Crippen LogP contribution in [0.1, 0.15) is 27.2 Å². The summed E-state index contributed by atoms with van der Waals surface area (Å²) in [5, 5.41) is -0.605. The van der Waals surface area contributed by atoms with Gasteiger partial charge in [0.1, 0.15) is 0 Å². The van der Waals surface area contributed by atoms with Gasteiger partial charge in [0.15, 0.2) is 5.79 Å². The van der Waals surface area contributed by atoms with E-state index in [1.54, 1.807) is 20.8 Å². The number of hydrogen-bond acceptors (Lipinski definition) is 4. The Morgan fingerprint density at radius 1 is 1.57 bits per heavy atom. The largest absolute Gasteiger partial charge is 0.348 e. The maximum absolute atomic E-state index is 10.9. The van der Waals surface area contributed by atoms with Crippen molar-refractivity contribution in [2.45, 2.75) is 44.3 Å². The average Bonchev–Trinajstić information content (AvgIpc) is 2.28. The molecule has 4 nitrogen and oxygen atoms in total. The van der Waals surface area contributed by atoms with E-state index in [0.29, 0.717) is 13.0 Å². The molecule has 1 heterocycles. The second-order valence-corrected chi connectivity index (χ2v) is 7.02. The van der Waals surface area contributed by atoms with Crippen molar-refractivity contribution in [1.82, 2.24) is 0 Å². The van der Waals surface area contributed by atoms with Gasteiger partial charge in [-0.25, -0.2) is 8.42 Å². The summed E-state index contributed by atoms with van der Waals surface area (Å²) in [7, 11) is 1.72. The predicted molar refractivity (Wildman–Crippen MR) is 53.8 cm³/mol. The van der Waals surface area contributed by atoms with E-state index in [9.17, 15) is 8.42 Å². The van der Waals surface area contributed by atoms with Gasteiger partial charge in [0, 0.05) is 10.7 Å². The molecular weight excluding hydrogens is 228 g/mol. The van der Waals surface area contributed by atoms with Crippen molar-refractivity contribution < 1.29 is 17.9 Å². The number of hydrogen-bond donors (Lipinski definition) is 0. The summed E-state index contributed by atoms with van der Waals surface area (Å²) < 4.78 is 32.7. The number of ether oxygens (including phenoxy) is 2. The van der Waals surface area contributed by atoms with E-state index < -0.39 is 20.1 Å². The van der Waals surface area contributed by atoms with Crippen LogP contribution in [0.15, 0.2) is 0 Å². The van der Waals surface area contributed by atoms with Gasteiger partial charge >= 0.3 is 0 Å². The van der Waals surface area contributed by atoms with E-state index in [1.165, 1.54) is 0 Å². The summed E-state index contributed by atoms with van der Waals surface area (Å²) in [6.45, 7) is 5.58. The van der Waals surface area contributed by atoms with Crippen LogP contribution < -0.4 is 0 Å². The van der Waals surface area contributed by atoms with Gasteiger partial charge in [0.2, 0.25) is 9.05 Å². The van der Waals surface area contributed by atoms with Gasteiger partial charge in [0.05, 0.1) is 18.0 Å². The first kappa shape index (κ1) is 12.2. The zero-order valence-corrected chi connectivity index (χ0v) is 10.1. The highest BCUT2D eigenvalue weighted by atomic mass is 35.7. The Morgan fingerprint density at radius 3 is 2.50 bits per heavy atom. The fraction of sp³-hybridized carbons (Fsp3) is 1.00. The Kier molecular flexibility index (Phi) is 3.46. The summed E-state index contributed by atoms with van der Waals surface area (Å²) in [4.78, 5) is 0. The van der Waals surface area contributed by atoms with Crippen LogP contribution >= 0.6 is 10.7 Å². The molecule has 2 unspecified atom stereocenters. The first-order valence-corrected chi connectivity index (χ1v) is 6.83. The van der Waals surface area contributed by atoms with Crippen LogP contribution in [-0.2, 0) is 18.5 Å². The lowest BCUT2D eigenvalue weighted by atomic mass is 10.2. The summed E-state index contributed by atoms with van der Waals surface area (Å²) >= 11 is 0. The maximum Gasteiger partial charge on any atom is 0.235 e. The lowest BCUT2D eigenvalue weighted by Crippen LogP contribution is -2.25. The molecule has 14 heavy (non-hydrogen) atoms. The van der Waals surface area contributed by atoms with Crippen molar-refractivity contribution in [1.29, 1.82) is 0 Å². The molecule has 1 rings (SSSR count). The van der Waals surface area contributed by atoms with Gasteiger partial charge in [-0.05, 0) is 27.2 Å². The molecule has 0 amide bonds. The molecule has 0 aromatic heterocycles. The van der Waals surface area contributed by atoms with Crippen molar-refractivity contribution in [3.8, 4) is 0 Å². The van der Waals surface area contributed by atoms with E-state index in [4.69, 9.17) is 20.2 Å². The van der Waals surface area contributed by atoms with Gasteiger partial charge in [-0.2, -0.15) is 0 Å². The monoisotopic (exact) mass is 242 g/mol. The van der Waals surface area contributed by atoms with E-state index in [0.717, 1.165) is 0 Å². The van der Waals surface area contributed by atoms with Gasteiger partial charge in [-0.15, -0.1) is 0 Å². The second-order valence-electron chi connectivity index (χ2n) is 3.97. The Morgan fingerprint density at radius 2 is 2.14 bits per heavy atom. The molecule has 0 radical (unpaired) electrons. The predicted octanol–water partition coefficient (Wildman–Crippen LogP) is 1.49. The summed E-state index contributed by atoms with van der Waals surface area (Å²) in [5.41, 5.74) is 0. The van der Waals surface area contributed by atoms with Gasteiger partial charge in [-0.3, -0.25) is 0 Å². The summed E-state index contributed by atoms with van der Waals surface area (Å²) in [6.07, 6.45) is 0.184. The molecule has 0 spiro atoms. The van der Waals surface area contributed by atoms with Crippen LogP contribution in [0.3, 0.4) is 0 Å². The normalized spacial score (nSPS) is 29.0. The Labute approximate surface area is 88.9 Å². The first-order valence-electron chi connectivity index (χ1n) is 4.46. The topological polar surface area (TPSA) is 52.6 Å². The Bertz CT molecular complexity index is 298. The van der Waals surface area contributed by atoms with Crippen molar-refractivity contribution >= 4 is 19.7 Å². The minimum atomic E-state index is -3.49. The van der Waals surface area contributed by atoms with Gasteiger partial charge in [-0.1, -0.05) is 0 Å². The molecule has 2 atom stereocenters. The maximum atomic E-state index is 10.9. The van der Waals surface area contributed by atoms with E-state index in [-0.39, 0.29) is 6.10 Å². The quantitative estimate of drug-likeness (QED) is 0.704. The zero-order valence-electron chi connectivity index (χ0n) is 8.49. The highest BCUT2D eigenvalue weighted by molar-refractivity contribution is 8.14. The SMILES string of the molecule is CC(CC1COC(C)(C)O1)S(=O)(=O)Cl. The molecule has 0 aromatic carbocycles. The number of rotatable bonds is 3. The highest BCUT2D eigenvalue weighted by Crippen LogP contribution is 2.26. The van der Waals surface area contributed by atoms with Crippen LogP contribution in [0, 0.1) is 0 Å². The minimum Gasteiger partial charge on any atom is -0.348 e. The van der Waals surface area contributed by atoms with Crippen molar-refractivity contribution in [3.63, 3.8) is 0 Å². The van der Waals surface area contributed by atoms with Crippen molar-refractivity contribution in [3.05, 3.63) is 0 Å². The summed E-state index contributed by atoms with van der Waals surface area (Å²) in [6, 6.07) is 0. The Hall–Kier alpha value is 0.160. The molecule has 0 saturated carbocycles. The minimum absolute atomic E-state index is 0.187. The molecule has 1 saturated heterocycles. The highest BCUT2D eigenvalue weighted by Gasteiger charge is 2.35. The molecule has 1 aliphatic rings. The summed E-state index contributed by atoms with van der Waals surface area (Å²) in [5.74, 6) is -0.611. The van der Waals surface area contributed by atoms with Crippen LogP contribution in [-0.4, -0.2) is 32.2 Å². The van der Waals surface area contributed by atoms with Crippen molar-refractivity contribution in [2.75, 3.05) is 6.61 Å². The first-order chi connectivity index (χ1) is 6.21. The van der Waals surface area contributed by atoms with E-state index in [1.807, 2.05) is 0 Å². The molecule has 84 valence electrons. The van der Waals surface area contributed by atoms with Crippen LogP contribution in [0.25, 0.3) is 0 Å². The number of halogens is 1. The van der Waals surface area contributed by atoms with E-state index in [2.05, 4.69) is 0 Å². The molecular formula is C8H15ClO4S. The van der Waals surface area contributed by atoms with Crippen LogP contribution in [0.4, 0.5) is 0 Å². The van der Waals surface area contributed by atoms with E-state index >= 15 is 0 Å². The average molecular weight is 243 g/mol. The standard InChI is InChI=1S/C8H15ClO4S/c1-6(14(9,10)11)4-7-5-12-8(2,3)13-7/h6-7H,4-5H2,1-3H3. The van der Waals surface area contributed by atoms with Gasteiger partial charge < -0.3 is 9.47 Å². The molecule has 1 fully saturated rings. The van der Waals surface area contributed by atoms with Gasteiger partial charge in [0.25, 0.3) is 0 Å². The fourth-order valence-electron chi connectivity index (χ4n) is 1.36.